The number of carbonyl (C=O) groups is 2. The SMILES string of the molecule is CCCc1ccc([C@@]2(C)NC(=O)N(Cc3nc4ccccc4s3)C2=O)cc1. The number of carbonyl (C=O) groups excluding carboxylic acids is 2. The lowest BCUT2D eigenvalue weighted by Gasteiger charge is -2.22. The van der Waals surface area contributed by atoms with E-state index in [-0.39, 0.29) is 18.5 Å². The minimum absolute atomic E-state index is 0.188. The highest BCUT2D eigenvalue weighted by atomic mass is 32.1. The lowest BCUT2D eigenvalue weighted by molar-refractivity contribution is -0.131. The van der Waals surface area contributed by atoms with Gasteiger partial charge in [-0.15, -0.1) is 11.3 Å². The molecule has 1 fully saturated rings. The van der Waals surface area contributed by atoms with E-state index in [2.05, 4.69) is 17.2 Å². The molecule has 0 bridgehead atoms. The van der Waals surface area contributed by atoms with E-state index in [1.54, 1.807) is 6.92 Å². The number of thiazole rings is 1. The average Bonchev–Trinajstić information content (AvgIpc) is 3.17. The lowest BCUT2D eigenvalue weighted by atomic mass is 9.91. The van der Waals surface area contributed by atoms with Gasteiger partial charge in [-0.05, 0) is 36.6 Å². The Morgan fingerprint density at radius 1 is 1.11 bits per heavy atom. The molecule has 138 valence electrons. The molecule has 1 aromatic heterocycles. The van der Waals surface area contributed by atoms with Gasteiger partial charge >= 0.3 is 6.03 Å². The van der Waals surface area contributed by atoms with Crippen LogP contribution < -0.4 is 5.32 Å². The van der Waals surface area contributed by atoms with Gasteiger partial charge < -0.3 is 5.32 Å². The van der Waals surface area contributed by atoms with Crippen molar-refractivity contribution in [1.29, 1.82) is 0 Å². The van der Waals surface area contributed by atoms with Gasteiger partial charge in [-0.3, -0.25) is 9.69 Å². The van der Waals surface area contributed by atoms with Gasteiger partial charge in [0.05, 0.1) is 16.8 Å². The molecule has 0 aliphatic carbocycles. The number of para-hydroxylation sites is 1. The molecule has 0 saturated carbocycles. The third-order valence-electron chi connectivity index (χ3n) is 4.98. The van der Waals surface area contributed by atoms with Crippen molar-refractivity contribution in [2.75, 3.05) is 0 Å². The quantitative estimate of drug-likeness (QED) is 0.675. The number of aromatic nitrogens is 1. The van der Waals surface area contributed by atoms with Crippen LogP contribution in [-0.2, 0) is 23.3 Å². The smallest absolute Gasteiger partial charge is 0.319 e. The highest BCUT2D eigenvalue weighted by Crippen LogP contribution is 2.31. The van der Waals surface area contributed by atoms with Crippen LogP contribution >= 0.6 is 11.3 Å². The molecule has 4 rings (SSSR count). The van der Waals surface area contributed by atoms with E-state index in [9.17, 15) is 9.59 Å². The Labute approximate surface area is 162 Å². The molecule has 5 nitrogen and oxygen atoms in total. The summed E-state index contributed by atoms with van der Waals surface area (Å²) < 4.78 is 1.05. The van der Waals surface area contributed by atoms with Gasteiger partial charge in [-0.2, -0.15) is 0 Å². The zero-order valence-corrected chi connectivity index (χ0v) is 16.2. The first-order chi connectivity index (χ1) is 13.0. The molecule has 2 heterocycles. The number of hydrogen-bond acceptors (Lipinski definition) is 4. The standard InChI is InChI=1S/C21H21N3O2S/c1-3-6-14-9-11-15(12-10-14)21(2)19(25)24(20(26)23-21)13-18-22-16-7-4-5-8-17(16)27-18/h4-5,7-12H,3,6,13H2,1-2H3,(H,23,26)/t21-/m1/s1. The van der Waals surface area contributed by atoms with Gasteiger partial charge in [-0.25, -0.2) is 9.78 Å². The van der Waals surface area contributed by atoms with Crippen molar-refractivity contribution in [3.05, 3.63) is 64.7 Å². The van der Waals surface area contributed by atoms with Crippen LogP contribution in [0.25, 0.3) is 10.2 Å². The van der Waals surface area contributed by atoms with E-state index in [0.29, 0.717) is 0 Å². The second-order valence-electron chi connectivity index (χ2n) is 6.97. The van der Waals surface area contributed by atoms with Crippen molar-refractivity contribution in [3.8, 4) is 0 Å². The van der Waals surface area contributed by atoms with Crippen LogP contribution in [0.4, 0.5) is 4.79 Å². The maximum absolute atomic E-state index is 13.1. The number of rotatable bonds is 5. The number of imide groups is 1. The summed E-state index contributed by atoms with van der Waals surface area (Å²) in [4.78, 5) is 31.4. The monoisotopic (exact) mass is 379 g/mol. The van der Waals surface area contributed by atoms with Crippen molar-refractivity contribution in [2.45, 2.75) is 38.8 Å². The summed E-state index contributed by atoms with van der Waals surface area (Å²) in [6.45, 7) is 4.09. The van der Waals surface area contributed by atoms with Crippen LogP contribution in [0.2, 0.25) is 0 Å². The molecule has 3 aromatic rings. The van der Waals surface area contributed by atoms with Crippen molar-refractivity contribution >= 4 is 33.5 Å². The molecule has 0 unspecified atom stereocenters. The van der Waals surface area contributed by atoms with Crippen molar-refractivity contribution in [1.82, 2.24) is 15.2 Å². The molecule has 1 saturated heterocycles. The highest BCUT2D eigenvalue weighted by Gasteiger charge is 2.49. The zero-order chi connectivity index (χ0) is 19.0. The summed E-state index contributed by atoms with van der Waals surface area (Å²) in [6.07, 6.45) is 2.07. The molecular formula is C21H21N3O2S. The molecule has 0 spiro atoms. The molecule has 1 aliphatic rings. The molecule has 27 heavy (non-hydrogen) atoms. The van der Waals surface area contributed by atoms with E-state index >= 15 is 0 Å². The highest BCUT2D eigenvalue weighted by molar-refractivity contribution is 7.18. The number of amides is 3. The van der Waals surface area contributed by atoms with E-state index in [1.165, 1.54) is 21.8 Å². The van der Waals surface area contributed by atoms with Crippen LogP contribution in [0.3, 0.4) is 0 Å². The van der Waals surface area contributed by atoms with Crippen LogP contribution in [-0.4, -0.2) is 21.8 Å². The van der Waals surface area contributed by atoms with Gasteiger partial charge in [0, 0.05) is 0 Å². The molecule has 6 heteroatoms. The minimum Gasteiger partial charge on any atom is -0.319 e. The van der Waals surface area contributed by atoms with Crippen molar-refractivity contribution in [2.24, 2.45) is 0 Å². The third kappa shape index (κ3) is 3.10. The first-order valence-electron chi connectivity index (χ1n) is 9.09. The second kappa shape index (κ2) is 6.78. The van der Waals surface area contributed by atoms with E-state index in [1.807, 2.05) is 48.5 Å². The van der Waals surface area contributed by atoms with E-state index < -0.39 is 5.54 Å². The predicted octanol–water partition coefficient (Wildman–Crippen LogP) is 4.22. The minimum atomic E-state index is -1.04. The maximum Gasteiger partial charge on any atom is 0.325 e. The summed E-state index contributed by atoms with van der Waals surface area (Å²) >= 11 is 1.51. The lowest BCUT2D eigenvalue weighted by Crippen LogP contribution is -2.40. The van der Waals surface area contributed by atoms with E-state index in [4.69, 9.17) is 0 Å². The first-order valence-corrected chi connectivity index (χ1v) is 9.91. The van der Waals surface area contributed by atoms with E-state index in [0.717, 1.165) is 33.6 Å². The van der Waals surface area contributed by atoms with Gasteiger partial charge in [0.2, 0.25) is 0 Å². The molecule has 0 radical (unpaired) electrons. The van der Waals surface area contributed by atoms with Gasteiger partial charge in [0.1, 0.15) is 10.5 Å². The average molecular weight is 379 g/mol. The molecule has 1 atom stereocenters. The summed E-state index contributed by atoms with van der Waals surface area (Å²) in [6, 6.07) is 15.4. The summed E-state index contributed by atoms with van der Waals surface area (Å²) in [5, 5.41) is 3.62. The van der Waals surface area contributed by atoms with Gasteiger partial charge in [0.15, 0.2) is 0 Å². The number of aryl methyl sites for hydroxylation is 1. The summed E-state index contributed by atoms with van der Waals surface area (Å²) in [7, 11) is 0. The third-order valence-corrected chi connectivity index (χ3v) is 6.00. The Morgan fingerprint density at radius 3 is 2.56 bits per heavy atom. The zero-order valence-electron chi connectivity index (χ0n) is 15.4. The molecule has 1 N–H and O–H groups in total. The largest absolute Gasteiger partial charge is 0.325 e. The summed E-state index contributed by atoms with van der Waals surface area (Å²) in [5.74, 6) is -0.241. The predicted molar refractivity (Wildman–Crippen MR) is 106 cm³/mol. The molecular weight excluding hydrogens is 358 g/mol. The Hall–Kier alpha value is -2.73. The number of hydrogen-bond donors (Lipinski definition) is 1. The number of nitrogens with one attached hydrogen (secondary N) is 1. The Kier molecular flexibility index (Phi) is 4.44. The topological polar surface area (TPSA) is 62.3 Å². The number of urea groups is 1. The number of benzene rings is 2. The van der Waals surface area contributed by atoms with Crippen molar-refractivity contribution < 1.29 is 9.59 Å². The Morgan fingerprint density at radius 2 is 1.85 bits per heavy atom. The van der Waals surface area contributed by atoms with Crippen LogP contribution in [0.5, 0.6) is 0 Å². The number of nitrogens with zero attached hydrogens (tertiary/aromatic N) is 2. The van der Waals surface area contributed by atoms with Crippen LogP contribution in [0, 0.1) is 0 Å². The van der Waals surface area contributed by atoms with Crippen LogP contribution in [0.15, 0.2) is 48.5 Å². The fraction of sp³-hybridized carbons (Fsp3) is 0.286. The van der Waals surface area contributed by atoms with Crippen molar-refractivity contribution in [3.63, 3.8) is 0 Å². The fourth-order valence-corrected chi connectivity index (χ4v) is 4.41. The summed E-state index contributed by atoms with van der Waals surface area (Å²) in [5.41, 5.74) is 1.87. The number of fused-ring (bicyclic) bond motifs is 1. The van der Waals surface area contributed by atoms with Gasteiger partial charge in [0.25, 0.3) is 5.91 Å². The van der Waals surface area contributed by atoms with Gasteiger partial charge in [-0.1, -0.05) is 49.7 Å². The second-order valence-corrected chi connectivity index (χ2v) is 8.08. The first kappa shape index (κ1) is 17.7. The maximum atomic E-state index is 13.1. The molecule has 1 aliphatic heterocycles. The molecule has 2 aromatic carbocycles. The Balaban J connectivity index is 1.58. The fourth-order valence-electron chi connectivity index (χ4n) is 3.45. The molecule has 3 amide bonds. The van der Waals surface area contributed by atoms with Crippen LogP contribution in [0.1, 0.15) is 36.4 Å². The normalized spacial score (nSPS) is 19.7. The Bertz CT molecular complexity index is 979.